The van der Waals surface area contributed by atoms with Gasteiger partial charge in [-0.1, -0.05) is 44.0 Å². The first kappa shape index (κ1) is 12.0. The SMILES string of the molecule is CC1c2ccccc2CCC(=O)C2CCCCC21. The average Bonchev–Trinajstić information content (AvgIpc) is 2.43. The third-order valence-corrected chi connectivity index (χ3v) is 5.06. The molecular formula is C17H22O. The van der Waals surface area contributed by atoms with E-state index in [1.54, 1.807) is 0 Å². The van der Waals surface area contributed by atoms with Gasteiger partial charge in [0.25, 0.3) is 0 Å². The van der Waals surface area contributed by atoms with Gasteiger partial charge in [-0.05, 0) is 42.2 Å². The quantitative estimate of drug-likeness (QED) is 0.669. The summed E-state index contributed by atoms with van der Waals surface area (Å²) in [6, 6.07) is 8.75. The molecule has 2 aliphatic rings. The minimum Gasteiger partial charge on any atom is -0.299 e. The Morgan fingerprint density at radius 3 is 2.72 bits per heavy atom. The van der Waals surface area contributed by atoms with Crippen LogP contribution in [0.3, 0.4) is 0 Å². The Labute approximate surface area is 110 Å². The van der Waals surface area contributed by atoms with E-state index in [1.165, 1.54) is 30.4 Å². The largest absolute Gasteiger partial charge is 0.299 e. The zero-order chi connectivity index (χ0) is 12.5. The van der Waals surface area contributed by atoms with Crippen LogP contribution in [0.4, 0.5) is 0 Å². The van der Waals surface area contributed by atoms with Gasteiger partial charge in [0.05, 0.1) is 0 Å². The third-order valence-electron chi connectivity index (χ3n) is 5.06. The number of fused-ring (bicyclic) bond motifs is 2. The van der Waals surface area contributed by atoms with E-state index in [9.17, 15) is 4.79 Å². The molecule has 1 saturated carbocycles. The second-order valence-electron chi connectivity index (χ2n) is 6.01. The standard InChI is InChI=1S/C17H22O/c1-12-14-7-3-2-6-13(14)10-11-17(18)16-9-5-4-8-15(12)16/h2-3,6-7,12,15-16H,4-5,8-11H2,1H3. The molecule has 1 nitrogen and oxygen atoms in total. The summed E-state index contributed by atoms with van der Waals surface area (Å²) in [6.07, 6.45) is 6.64. The van der Waals surface area contributed by atoms with E-state index in [-0.39, 0.29) is 0 Å². The molecule has 0 N–H and O–H groups in total. The molecule has 0 aromatic heterocycles. The van der Waals surface area contributed by atoms with Gasteiger partial charge in [-0.25, -0.2) is 0 Å². The molecule has 3 atom stereocenters. The van der Waals surface area contributed by atoms with Crippen molar-refractivity contribution >= 4 is 5.78 Å². The van der Waals surface area contributed by atoms with Gasteiger partial charge in [-0.2, -0.15) is 0 Å². The minimum absolute atomic E-state index is 0.349. The number of carbonyl (C=O) groups excluding carboxylic acids is 1. The highest BCUT2D eigenvalue weighted by molar-refractivity contribution is 5.82. The lowest BCUT2D eigenvalue weighted by molar-refractivity contribution is -0.126. The predicted octanol–water partition coefficient (Wildman–Crippen LogP) is 4.11. The molecule has 0 saturated heterocycles. The van der Waals surface area contributed by atoms with Crippen LogP contribution in [0.25, 0.3) is 0 Å². The Morgan fingerprint density at radius 1 is 1.06 bits per heavy atom. The van der Waals surface area contributed by atoms with Crippen molar-refractivity contribution in [1.82, 2.24) is 0 Å². The van der Waals surface area contributed by atoms with Crippen LogP contribution in [-0.4, -0.2) is 5.78 Å². The Hall–Kier alpha value is -1.11. The van der Waals surface area contributed by atoms with Crippen molar-refractivity contribution in [2.75, 3.05) is 0 Å². The number of rotatable bonds is 0. The topological polar surface area (TPSA) is 17.1 Å². The van der Waals surface area contributed by atoms with Crippen molar-refractivity contribution in [3.63, 3.8) is 0 Å². The third kappa shape index (κ3) is 2.00. The Morgan fingerprint density at radius 2 is 1.83 bits per heavy atom. The Kier molecular flexibility index (Phi) is 3.23. The normalized spacial score (nSPS) is 32.1. The average molecular weight is 242 g/mol. The fourth-order valence-electron chi connectivity index (χ4n) is 4.04. The summed E-state index contributed by atoms with van der Waals surface area (Å²) in [4.78, 5) is 12.4. The van der Waals surface area contributed by atoms with Crippen molar-refractivity contribution in [2.24, 2.45) is 11.8 Å². The van der Waals surface area contributed by atoms with Crippen LogP contribution in [0.15, 0.2) is 24.3 Å². The van der Waals surface area contributed by atoms with Crippen LogP contribution >= 0.6 is 0 Å². The molecule has 96 valence electrons. The number of carbonyl (C=O) groups is 1. The molecule has 1 aromatic carbocycles. The molecule has 1 aromatic rings. The predicted molar refractivity (Wildman–Crippen MR) is 73.6 cm³/mol. The first-order chi connectivity index (χ1) is 8.77. The van der Waals surface area contributed by atoms with Gasteiger partial charge >= 0.3 is 0 Å². The van der Waals surface area contributed by atoms with E-state index < -0.39 is 0 Å². The first-order valence-corrected chi connectivity index (χ1v) is 7.38. The molecule has 18 heavy (non-hydrogen) atoms. The second-order valence-corrected chi connectivity index (χ2v) is 6.01. The van der Waals surface area contributed by atoms with Crippen LogP contribution in [0.1, 0.15) is 56.1 Å². The second kappa shape index (κ2) is 4.87. The molecule has 1 heteroatoms. The van der Waals surface area contributed by atoms with Gasteiger partial charge in [0.2, 0.25) is 0 Å². The fourth-order valence-corrected chi connectivity index (χ4v) is 4.04. The van der Waals surface area contributed by atoms with Crippen molar-refractivity contribution in [1.29, 1.82) is 0 Å². The van der Waals surface area contributed by atoms with Crippen LogP contribution in [0.2, 0.25) is 0 Å². The Bertz CT molecular complexity index is 449. The van der Waals surface area contributed by atoms with Crippen molar-refractivity contribution in [2.45, 2.75) is 51.4 Å². The zero-order valence-corrected chi connectivity index (χ0v) is 11.2. The van der Waals surface area contributed by atoms with Gasteiger partial charge in [0.1, 0.15) is 5.78 Å². The highest BCUT2D eigenvalue weighted by Crippen LogP contribution is 2.43. The van der Waals surface area contributed by atoms with E-state index in [1.807, 2.05) is 0 Å². The molecule has 0 bridgehead atoms. The molecule has 0 amide bonds. The monoisotopic (exact) mass is 242 g/mol. The molecule has 0 heterocycles. The highest BCUT2D eigenvalue weighted by Gasteiger charge is 2.36. The summed E-state index contributed by atoms with van der Waals surface area (Å²) >= 11 is 0. The number of hydrogen-bond donors (Lipinski definition) is 0. The summed E-state index contributed by atoms with van der Waals surface area (Å²) in [5, 5.41) is 0. The number of aryl methyl sites for hydroxylation is 1. The Balaban J connectivity index is 2.00. The van der Waals surface area contributed by atoms with Gasteiger partial charge in [0, 0.05) is 12.3 Å². The van der Waals surface area contributed by atoms with Crippen LogP contribution in [0.5, 0.6) is 0 Å². The molecule has 2 aliphatic carbocycles. The van der Waals surface area contributed by atoms with E-state index >= 15 is 0 Å². The van der Waals surface area contributed by atoms with Crippen LogP contribution in [-0.2, 0) is 11.2 Å². The van der Waals surface area contributed by atoms with Gasteiger partial charge in [-0.15, -0.1) is 0 Å². The number of benzene rings is 1. The minimum atomic E-state index is 0.349. The summed E-state index contributed by atoms with van der Waals surface area (Å²) in [6.45, 7) is 2.33. The van der Waals surface area contributed by atoms with Gasteiger partial charge in [-0.3, -0.25) is 4.79 Å². The zero-order valence-electron chi connectivity index (χ0n) is 11.2. The van der Waals surface area contributed by atoms with E-state index in [0.717, 1.165) is 19.3 Å². The van der Waals surface area contributed by atoms with Crippen molar-refractivity contribution < 1.29 is 4.79 Å². The van der Waals surface area contributed by atoms with Gasteiger partial charge < -0.3 is 0 Å². The maximum atomic E-state index is 12.4. The molecule has 0 aliphatic heterocycles. The van der Waals surface area contributed by atoms with E-state index in [0.29, 0.717) is 23.5 Å². The maximum Gasteiger partial charge on any atom is 0.136 e. The molecule has 0 radical (unpaired) electrons. The summed E-state index contributed by atoms with van der Waals surface area (Å²) in [5.41, 5.74) is 2.91. The smallest absolute Gasteiger partial charge is 0.136 e. The number of hydrogen-bond acceptors (Lipinski definition) is 1. The molecule has 1 fully saturated rings. The molecule has 3 unspecified atom stereocenters. The van der Waals surface area contributed by atoms with Crippen LogP contribution < -0.4 is 0 Å². The molecular weight excluding hydrogens is 220 g/mol. The lowest BCUT2D eigenvalue weighted by Crippen LogP contribution is -2.32. The fraction of sp³-hybridized carbons (Fsp3) is 0.588. The summed E-state index contributed by atoms with van der Waals surface area (Å²) in [5.74, 6) is 2.02. The van der Waals surface area contributed by atoms with Crippen molar-refractivity contribution in [3.8, 4) is 0 Å². The van der Waals surface area contributed by atoms with E-state index in [4.69, 9.17) is 0 Å². The van der Waals surface area contributed by atoms with Gasteiger partial charge in [0.15, 0.2) is 0 Å². The maximum absolute atomic E-state index is 12.4. The van der Waals surface area contributed by atoms with Crippen LogP contribution in [0, 0.1) is 11.8 Å². The lowest BCUT2D eigenvalue weighted by atomic mass is 9.66. The lowest BCUT2D eigenvalue weighted by Gasteiger charge is -2.37. The first-order valence-electron chi connectivity index (χ1n) is 7.38. The van der Waals surface area contributed by atoms with Crippen molar-refractivity contribution in [3.05, 3.63) is 35.4 Å². The highest BCUT2D eigenvalue weighted by atomic mass is 16.1. The number of ketones is 1. The van der Waals surface area contributed by atoms with E-state index in [2.05, 4.69) is 31.2 Å². The number of Topliss-reactive ketones (excluding diaryl/α,β-unsaturated/α-hetero) is 1. The molecule has 3 rings (SSSR count). The summed E-state index contributed by atoms with van der Waals surface area (Å²) in [7, 11) is 0. The summed E-state index contributed by atoms with van der Waals surface area (Å²) < 4.78 is 0. The molecule has 0 spiro atoms.